The number of aromatic nitrogens is 1. The lowest BCUT2D eigenvalue weighted by Gasteiger charge is -2.05. The summed E-state index contributed by atoms with van der Waals surface area (Å²) in [5, 5.41) is 21.0. The number of nitrogen functional groups attached to an aromatic ring is 1. The molecule has 2 aromatic carbocycles. The summed E-state index contributed by atoms with van der Waals surface area (Å²) in [6.07, 6.45) is 0. The highest BCUT2D eigenvalue weighted by Gasteiger charge is 2.11. The summed E-state index contributed by atoms with van der Waals surface area (Å²) in [6, 6.07) is 11.4. The third-order valence-electron chi connectivity index (χ3n) is 3.24. The second-order valence-electron chi connectivity index (χ2n) is 4.32. The van der Waals surface area contributed by atoms with Crippen molar-refractivity contribution in [3.8, 4) is 5.75 Å². The van der Waals surface area contributed by atoms with E-state index in [0.29, 0.717) is 12.2 Å². The van der Waals surface area contributed by atoms with E-state index in [0.717, 1.165) is 21.8 Å². The van der Waals surface area contributed by atoms with Crippen LogP contribution >= 0.6 is 0 Å². The van der Waals surface area contributed by atoms with E-state index < -0.39 is 0 Å². The van der Waals surface area contributed by atoms with Crippen LogP contribution in [0.2, 0.25) is 0 Å². The number of hydrogen-bond donors (Lipinski definition) is 3. The smallest absolute Gasteiger partial charge is 0.140 e. The Balaban J connectivity index is 2.49. The number of anilines is 1. The van der Waals surface area contributed by atoms with Crippen molar-refractivity contribution in [2.75, 3.05) is 12.3 Å². The molecule has 3 rings (SSSR count). The Kier molecular flexibility index (Phi) is 2.38. The molecule has 1 heterocycles. The molecule has 0 saturated heterocycles. The minimum atomic E-state index is 0.0545. The Bertz CT molecular complexity index is 731. The van der Waals surface area contributed by atoms with Gasteiger partial charge in [0, 0.05) is 28.9 Å². The minimum Gasteiger partial charge on any atom is -0.506 e. The molecule has 3 aromatic rings. The van der Waals surface area contributed by atoms with Crippen LogP contribution in [0.15, 0.2) is 36.4 Å². The molecule has 0 radical (unpaired) electrons. The molecule has 1 aromatic heterocycles. The largest absolute Gasteiger partial charge is 0.506 e. The zero-order valence-electron chi connectivity index (χ0n) is 9.80. The highest BCUT2D eigenvalue weighted by atomic mass is 16.3. The third kappa shape index (κ3) is 1.43. The molecule has 0 atom stereocenters. The topological polar surface area (TPSA) is 71.4 Å². The van der Waals surface area contributed by atoms with E-state index in [1.807, 2.05) is 28.8 Å². The molecular weight excluding hydrogens is 228 g/mol. The first-order chi connectivity index (χ1) is 8.72. The Morgan fingerprint density at radius 2 is 1.83 bits per heavy atom. The zero-order valence-corrected chi connectivity index (χ0v) is 9.80. The normalized spacial score (nSPS) is 11.4. The molecule has 0 aliphatic heterocycles. The second kappa shape index (κ2) is 3.92. The van der Waals surface area contributed by atoms with Gasteiger partial charge in [0.05, 0.1) is 17.8 Å². The number of phenols is 1. The first-order valence-electron chi connectivity index (χ1n) is 5.82. The van der Waals surface area contributed by atoms with Gasteiger partial charge in [-0.25, -0.2) is 0 Å². The SMILES string of the molecule is Nc1cc2c3ccccc3n(CCO)c2cc1O. The van der Waals surface area contributed by atoms with Gasteiger partial charge in [-0.1, -0.05) is 18.2 Å². The number of para-hydroxylation sites is 1. The molecule has 92 valence electrons. The molecule has 4 nitrogen and oxygen atoms in total. The van der Waals surface area contributed by atoms with Crippen LogP contribution in [0.5, 0.6) is 5.75 Å². The highest BCUT2D eigenvalue weighted by molar-refractivity contribution is 6.09. The fourth-order valence-electron chi connectivity index (χ4n) is 2.44. The van der Waals surface area contributed by atoms with E-state index in [-0.39, 0.29) is 12.4 Å². The fraction of sp³-hybridized carbons (Fsp3) is 0.143. The average Bonchev–Trinajstić information content (AvgIpc) is 2.66. The lowest BCUT2D eigenvalue weighted by molar-refractivity contribution is 0.280. The molecule has 0 aliphatic rings. The van der Waals surface area contributed by atoms with Gasteiger partial charge in [0.25, 0.3) is 0 Å². The number of fused-ring (bicyclic) bond motifs is 3. The first-order valence-corrected chi connectivity index (χ1v) is 5.82. The van der Waals surface area contributed by atoms with E-state index in [4.69, 9.17) is 5.73 Å². The van der Waals surface area contributed by atoms with E-state index >= 15 is 0 Å². The first kappa shape index (κ1) is 10.9. The number of nitrogens with two attached hydrogens (primary N) is 1. The van der Waals surface area contributed by atoms with Crippen molar-refractivity contribution in [1.29, 1.82) is 0 Å². The molecule has 0 amide bonds. The van der Waals surface area contributed by atoms with Crippen LogP contribution in [0.3, 0.4) is 0 Å². The number of aliphatic hydroxyl groups is 1. The van der Waals surface area contributed by atoms with E-state index in [1.165, 1.54) is 0 Å². The van der Waals surface area contributed by atoms with Gasteiger partial charge in [0.15, 0.2) is 0 Å². The van der Waals surface area contributed by atoms with Gasteiger partial charge in [-0.2, -0.15) is 0 Å². The van der Waals surface area contributed by atoms with Crippen LogP contribution in [0.1, 0.15) is 0 Å². The van der Waals surface area contributed by atoms with Gasteiger partial charge in [0.1, 0.15) is 5.75 Å². The van der Waals surface area contributed by atoms with Gasteiger partial charge >= 0.3 is 0 Å². The van der Waals surface area contributed by atoms with Gasteiger partial charge < -0.3 is 20.5 Å². The number of aromatic hydroxyl groups is 1. The Hall–Kier alpha value is -2.20. The van der Waals surface area contributed by atoms with Crippen LogP contribution in [-0.2, 0) is 6.54 Å². The van der Waals surface area contributed by atoms with Crippen molar-refractivity contribution in [3.63, 3.8) is 0 Å². The minimum absolute atomic E-state index is 0.0545. The number of nitrogens with zero attached hydrogens (tertiary/aromatic N) is 1. The molecule has 4 heteroatoms. The molecule has 0 spiro atoms. The summed E-state index contributed by atoms with van der Waals surface area (Å²) in [6.45, 7) is 0.548. The van der Waals surface area contributed by atoms with E-state index in [1.54, 1.807) is 12.1 Å². The number of phenolic OH excluding ortho intramolecular Hbond substituents is 1. The zero-order chi connectivity index (χ0) is 12.7. The maximum atomic E-state index is 9.73. The monoisotopic (exact) mass is 242 g/mol. The van der Waals surface area contributed by atoms with Crippen molar-refractivity contribution in [1.82, 2.24) is 4.57 Å². The van der Waals surface area contributed by atoms with Crippen molar-refractivity contribution in [2.24, 2.45) is 0 Å². The van der Waals surface area contributed by atoms with Crippen LogP contribution in [0.4, 0.5) is 5.69 Å². The molecule has 18 heavy (non-hydrogen) atoms. The van der Waals surface area contributed by atoms with Crippen LogP contribution < -0.4 is 5.73 Å². The van der Waals surface area contributed by atoms with Gasteiger partial charge in [-0.15, -0.1) is 0 Å². The van der Waals surface area contributed by atoms with E-state index in [2.05, 4.69) is 0 Å². The van der Waals surface area contributed by atoms with Crippen molar-refractivity contribution in [3.05, 3.63) is 36.4 Å². The molecule has 0 unspecified atom stereocenters. The fourth-order valence-corrected chi connectivity index (χ4v) is 2.44. The molecule has 4 N–H and O–H groups in total. The summed E-state index contributed by atoms with van der Waals surface area (Å²) < 4.78 is 1.99. The summed E-state index contributed by atoms with van der Waals surface area (Å²) >= 11 is 0. The summed E-state index contributed by atoms with van der Waals surface area (Å²) in [5.74, 6) is 0.0736. The number of aliphatic hydroxyl groups excluding tert-OH is 1. The Morgan fingerprint density at radius 1 is 1.06 bits per heavy atom. The molecule has 0 fully saturated rings. The molecule has 0 aliphatic carbocycles. The second-order valence-corrected chi connectivity index (χ2v) is 4.32. The van der Waals surface area contributed by atoms with Gasteiger partial charge in [-0.3, -0.25) is 0 Å². The van der Waals surface area contributed by atoms with E-state index in [9.17, 15) is 10.2 Å². The number of benzene rings is 2. The van der Waals surface area contributed by atoms with Crippen molar-refractivity contribution < 1.29 is 10.2 Å². The average molecular weight is 242 g/mol. The Morgan fingerprint density at radius 3 is 2.61 bits per heavy atom. The van der Waals surface area contributed by atoms with Crippen molar-refractivity contribution in [2.45, 2.75) is 6.54 Å². The quantitative estimate of drug-likeness (QED) is 0.476. The summed E-state index contributed by atoms with van der Waals surface area (Å²) in [5.41, 5.74) is 8.04. The third-order valence-corrected chi connectivity index (χ3v) is 3.24. The number of hydrogen-bond acceptors (Lipinski definition) is 3. The maximum absolute atomic E-state index is 9.73. The van der Waals surface area contributed by atoms with Gasteiger partial charge in [-0.05, 0) is 12.1 Å². The van der Waals surface area contributed by atoms with Gasteiger partial charge in [0.2, 0.25) is 0 Å². The Labute approximate surface area is 104 Å². The van der Waals surface area contributed by atoms with Crippen LogP contribution in [-0.4, -0.2) is 21.4 Å². The summed E-state index contributed by atoms with van der Waals surface area (Å²) in [4.78, 5) is 0. The molecule has 0 saturated carbocycles. The highest BCUT2D eigenvalue weighted by Crippen LogP contribution is 2.34. The predicted octanol–water partition coefficient (Wildman–Crippen LogP) is 2.07. The lowest BCUT2D eigenvalue weighted by atomic mass is 10.1. The van der Waals surface area contributed by atoms with Crippen molar-refractivity contribution >= 4 is 27.5 Å². The number of rotatable bonds is 2. The maximum Gasteiger partial charge on any atom is 0.140 e. The molecular formula is C14H14N2O2. The van der Waals surface area contributed by atoms with Crippen LogP contribution in [0, 0.1) is 0 Å². The standard InChI is InChI=1S/C14H14N2O2/c15-11-7-10-9-3-1-2-4-12(9)16(5-6-17)13(10)8-14(11)18/h1-4,7-8,17-18H,5-6,15H2. The summed E-state index contributed by atoms with van der Waals surface area (Å²) in [7, 11) is 0. The predicted molar refractivity (Wildman–Crippen MR) is 72.6 cm³/mol. The molecule has 0 bridgehead atoms. The van der Waals surface area contributed by atoms with Crippen LogP contribution in [0.25, 0.3) is 21.8 Å². The lowest BCUT2D eigenvalue weighted by Crippen LogP contribution is -2.01.